The van der Waals surface area contributed by atoms with Crippen molar-refractivity contribution in [3.63, 3.8) is 0 Å². The quantitative estimate of drug-likeness (QED) is 0.393. The summed E-state index contributed by atoms with van der Waals surface area (Å²) >= 11 is 6.57. The molecular formula is C30H39ClN6O. The van der Waals surface area contributed by atoms with E-state index >= 15 is 0 Å². The molecule has 2 aromatic rings. The Bertz CT molecular complexity index is 1140. The molecule has 38 heavy (non-hydrogen) atoms. The number of hydrogen-bond donors (Lipinski definition) is 2. The zero-order chi connectivity index (χ0) is 26.4. The van der Waals surface area contributed by atoms with Crippen LogP contribution in [0.5, 0.6) is 0 Å². The summed E-state index contributed by atoms with van der Waals surface area (Å²) in [7, 11) is 0. The van der Waals surface area contributed by atoms with Gasteiger partial charge in [0, 0.05) is 57.2 Å². The zero-order valence-electron chi connectivity index (χ0n) is 22.2. The number of rotatable bonds is 8. The first kappa shape index (κ1) is 26.9. The van der Waals surface area contributed by atoms with E-state index in [1.54, 1.807) is 6.20 Å². The molecule has 2 aliphatic heterocycles. The van der Waals surface area contributed by atoms with Crippen molar-refractivity contribution in [2.45, 2.75) is 57.4 Å². The lowest BCUT2D eigenvalue weighted by molar-refractivity contribution is 0.0455. The molecule has 2 saturated heterocycles. The lowest BCUT2D eigenvalue weighted by atomic mass is 9.82. The molecule has 0 atom stereocenters. The number of ether oxygens (including phenoxy) is 1. The SMILES string of the molecule is C=C1CCN(CC2CCC(Nc3cc(-c4cccc(NCC5(C#N)CCOCC5)n4)c(Cl)cn3)CC2)CC1. The van der Waals surface area contributed by atoms with Gasteiger partial charge in [-0.05, 0) is 75.5 Å². The molecule has 0 spiro atoms. The van der Waals surface area contributed by atoms with Crippen LogP contribution in [0, 0.1) is 22.7 Å². The minimum atomic E-state index is -0.413. The summed E-state index contributed by atoms with van der Waals surface area (Å²) in [6.07, 6.45) is 10.3. The van der Waals surface area contributed by atoms with Gasteiger partial charge in [0.2, 0.25) is 0 Å². The molecule has 4 heterocycles. The number of likely N-dealkylation sites (tertiary alicyclic amines) is 1. The fourth-order valence-corrected chi connectivity index (χ4v) is 6.06. The third kappa shape index (κ3) is 6.85. The number of pyridine rings is 2. The smallest absolute Gasteiger partial charge is 0.126 e. The van der Waals surface area contributed by atoms with E-state index in [0.29, 0.717) is 30.8 Å². The van der Waals surface area contributed by atoms with E-state index in [-0.39, 0.29) is 0 Å². The van der Waals surface area contributed by atoms with Crippen molar-refractivity contribution in [1.29, 1.82) is 5.26 Å². The van der Waals surface area contributed by atoms with Gasteiger partial charge in [-0.1, -0.05) is 29.8 Å². The Morgan fingerprint density at radius 3 is 2.63 bits per heavy atom. The average Bonchev–Trinajstić information content (AvgIpc) is 2.96. The van der Waals surface area contributed by atoms with Crippen LogP contribution < -0.4 is 10.6 Å². The molecule has 8 heteroatoms. The molecule has 0 amide bonds. The molecule has 202 valence electrons. The fourth-order valence-electron chi connectivity index (χ4n) is 5.86. The van der Waals surface area contributed by atoms with E-state index < -0.39 is 5.41 Å². The minimum Gasteiger partial charge on any atom is -0.381 e. The monoisotopic (exact) mass is 534 g/mol. The maximum atomic E-state index is 9.75. The van der Waals surface area contributed by atoms with Crippen LogP contribution in [0.1, 0.15) is 51.4 Å². The van der Waals surface area contributed by atoms with Crippen LogP contribution in [-0.4, -0.2) is 60.3 Å². The predicted octanol–water partition coefficient (Wildman–Crippen LogP) is 6.15. The number of aromatic nitrogens is 2. The zero-order valence-corrected chi connectivity index (χ0v) is 23.0. The number of anilines is 2. The maximum Gasteiger partial charge on any atom is 0.126 e. The third-order valence-electron chi connectivity index (χ3n) is 8.45. The number of nitrogens with zero attached hydrogens (tertiary/aromatic N) is 4. The minimum absolute atomic E-state index is 0.413. The van der Waals surface area contributed by atoms with E-state index in [0.717, 1.165) is 67.3 Å². The highest BCUT2D eigenvalue weighted by atomic mass is 35.5. The molecule has 5 rings (SSSR count). The largest absolute Gasteiger partial charge is 0.381 e. The van der Waals surface area contributed by atoms with E-state index in [4.69, 9.17) is 21.3 Å². The van der Waals surface area contributed by atoms with Crippen molar-refractivity contribution in [2.24, 2.45) is 11.3 Å². The summed E-state index contributed by atoms with van der Waals surface area (Å²) in [5, 5.41) is 17.4. The summed E-state index contributed by atoms with van der Waals surface area (Å²) in [6.45, 7) is 9.52. The van der Waals surface area contributed by atoms with E-state index in [1.165, 1.54) is 38.0 Å². The number of piperidine rings is 1. The number of halogens is 1. The second-order valence-electron chi connectivity index (χ2n) is 11.2. The molecule has 1 saturated carbocycles. The van der Waals surface area contributed by atoms with E-state index in [2.05, 4.69) is 33.2 Å². The maximum absolute atomic E-state index is 9.75. The van der Waals surface area contributed by atoms with Crippen molar-refractivity contribution in [2.75, 3.05) is 50.0 Å². The molecule has 3 aliphatic rings. The normalized spacial score (nSPS) is 23.9. The number of nitriles is 1. The summed E-state index contributed by atoms with van der Waals surface area (Å²) in [5.41, 5.74) is 2.64. The second-order valence-corrected chi connectivity index (χ2v) is 11.6. The van der Waals surface area contributed by atoms with Crippen LogP contribution >= 0.6 is 11.6 Å². The highest BCUT2D eigenvalue weighted by Crippen LogP contribution is 2.33. The highest BCUT2D eigenvalue weighted by molar-refractivity contribution is 6.33. The Morgan fingerprint density at radius 2 is 1.89 bits per heavy atom. The molecular weight excluding hydrogens is 496 g/mol. The fraction of sp³-hybridized carbons (Fsp3) is 0.567. The molecule has 3 fully saturated rings. The molecule has 7 nitrogen and oxygen atoms in total. The Hall–Kier alpha value is -2.66. The lowest BCUT2D eigenvalue weighted by Gasteiger charge is -2.35. The Morgan fingerprint density at radius 1 is 1.13 bits per heavy atom. The summed E-state index contributed by atoms with van der Waals surface area (Å²) < 4.78 is 5.45. The van der Waals surface area contributed by atoms with Gasteiger partial charge >= 0.3 is 0 Å². The summed E-state index contributed by atoms with van der Waals surface area (Å²) in [5.74, 6) is 2.37. The third-order valence-corrected chi connectivity index (χ3v) is 8.75. The summed E-state index contributed by atoms with van der Waals surface area (Å²) in [6, 6.07) is 10.8. The Labute approximate surface area is 231 Å². The van der Waals surface area contributed by atoms with Gasteiger partial charge in [0.25, 0.3) is 0 Å². The van der Waals surface area contributed by atoms with Crippen molar-refractivity contribution in [1.82, 2.24) is 14.9 Å². The Balaban J connectivity index is 1.17. The van der Waals surface area contributed by atoms with Gasteiger partial charge in [0.1, 0.15) is 11.6 Å². The van der Waals surface area contributed by atoms with Gasteiger partial charge in [-0.25, -0.2) is 9.97 Å². The number of hydrogen-bond acceptors (Lipinski definition) is 7. The molecule has 2 N–H and O–H groups in total. The van der Waals surface area contributed by atoms with Crippen molar-refractivity contribution >= 4 is 23.2 Å². The standard InChI is InChI=1S/C30H39ClN6O/c1-22-9-13-37(14-10-22)19-23-5-7-24(8-6-23)35-29-17-25(26(31)18-33-29)27-3-2-4-28(36-27)34-21-30(20-32)11-15-38-16-12-30/h2-4,17-18,23-24H,1,5-16,19,21H2,(H,33,35)(H,34,36). The van der Waals surface area contributed by atoms with Gasteiger partial charge in [-0.15, -0.1) is 0 Å². The summed E-state index contributed by atoms with van der Waals surface area (Å²) in [4.78, 5) is 12.0. The first-order chi connectivity index (χ1) is 18.5. The van der Waals surface area contributed by atoms with E-state index in [9.17, 15) is 5.26 Å². The van der Waals surface area contributed by atoms with Crippen LogP contribution in [-0.2, 0) is 4.74 Å². The van der Waals surface area contributed by atoms with Crippen LogP contribution in [0.15, 0.2) is 42.6 Å². The molecule has 2 aromatic heterocycles. The first-order valence-corrected chi connectivity index (χ1v) is 14.4. The molecule has 1 aliphatic carbocycles. The Kier molecular flexibility index (Phi) is 8.83. The van der Waals surface area contributed by atoms with Gasteiger partial charge in [-0.2, -0.15) is 5.26 Å². The van der Waals surface area contributed by atoms with Crippen molar-refractivity contribution in [3.8, 4) is 17.3 Å². The topological polar surface area (TPSA) is 86.1 Å². The van der Waals surface area contributed by atoms with Crippen molar-refractivity contribution in [3.05, 3.63) is 47.6 Å². The van der Waals surface area contributed by atoms with Gasteiger partial charge in [0.05, 0.1) is 22.2 Å². The van der Waals surface area contributed by atoms with Crippen molar-refractivity contribution < 1.29 is 4.74 Å². The van der Waals surface area contributed by atoms with Crippen LogP contribution in [0.3, 0.4) is 0 Å². The van der Waals surface area contributed by atoms with E-state index in [1.807, 2.05) is 24.3 Å². The van der Waals surface area contributed by atoms with Gasteiger partial charge in [-0.3, -0.25) is 0 Å². The van der Waals surface area contributed by atoms with Gasteiger partial charge in [0.15, 0.2) is 0 Å². The molecule has 0 unspecified atom stereocenters. The molecule has 0 radical (unpaired) electrons. The van der Waals surface area contributed by atoms with Crippen LogP contribution in [0.25, 0.3) is 11.3 Å². The molecule has 0 bridgehead atoms. The first-order valence-electron chi connectivity index (χ1n) is 14.0. The van der Waals surface area contributed by atoms with Crippen LogP contribution in [0.2, 0.25) is 5.02 Å². The lowest BCUT2D eigenvalue weighted by Crippen LogP contribution is -2.37. The molecule has 0 aromatic carbocycles. The van der Waals surface area contributed by atoms with Crippen LogP contribution in [0.4, 0.5) is 11.6 Å². The average molecular weight is 535 g/mol. The van der Waals surface area contributed by atoms with Gasteiger partial charge < -0.3 is 20.3 Å². The predicted molar refractivity (Wildman–Crippen MR) is 153 cm³/mol. The second kappa shape index (κ2) is 12.5. The number of nitrogens with one attached hydrogen (secondary N) is 2. The highest BCUT2D eigenvalue weighted by Gasteiger charge is 2.32.